The topological polar surface area (TPSA) is 0 Å². The van der Waals surface area contributed by atoms with E-state index in [-0.39, 0.29) is 0 Å². The molecule has 52 valence electrons. The molecule has 0 amide bonds. The second kappa shape index (κ2) is 1.91. The molecule has 1 aliphatic carbocycles. The molecule has 1 heteroatoms. The molecule has 0 unspecified atom stereocenters. The Balaban J connectivity index is 1.91. The summed E-state index contributed by atoms with van der Waals surface area (Å²) in [5.74, 6) is 2.50. The van der Waals surface area contributed by atoms with Crippen molar-refractivity contribution in [2.75, 3.05) is 5.75 Å². The van der Waals surface area contributed by atoms with Gasteiger partial charge >= 0.3 is 0 Å². The summed E-state index contributed by atoms with van der Waals surface area (Å²) >= 11 is 2.19. The van der Waals surface area contributed by atoms with Crippen LogP contribution in [0.25, 0.3) is 0 Å². The highest BCUT2D eigenvalue weighted by molar-refractivity contribution is 8.07. The third-order valence-electron chi connectivity index (χ3n) is 2.74. The van der Waals surface area contributed by atoms with E-state index in [0.29, 0.717) is 0 Å². The Labute approximate surface area is 61.4 Å². The van der Waals surface area contributed by atoms with Crippen LogP contribution in [0.2, 0.25) is 0 Å². The van der Waals surface area contributed by atoms with Crippen molar-refractivity contribution in [1.82, 2.24) is 0 Å². The molecule has 0 aromatic rings. The predicted molar refractivity (Wildman–Crippen MR) is 42.8 cm³/mol. The number of hydrogen-bond donors (Lipinski definition) is 0. The van der Waals surface area contributed by atoms with Gasteiger partial charge in [-0.3, -0.25) is 0 Å². The van der Waals surface area contributed by atoms with E-state index in [2.05, 4.69) is 18.7 Å². The summed E-state index contributed by atoms with van der Waals surface area (Å²) in [7, 11) is 0. The van der Waals surface area contributed by atoms with Crippen molar-refractivity contribution < 1.29 is 0 Å². The first-order valence-corrected chi connectivity index (χ1v) is 4.93. The first-order chi connectivity index (χ1) is 4.31. The van der Waals surface area contributed by atoms with E-state index < -0.39 is 0 Å². The SMILES string of the molecule is CC1CCC2(CC1)CS2. The van der Waals surface area contributed by atoms with E-state index in [0.717, 1.165) is 10.7 Å². The normalized spacial score (nSPS) is 49.7. The van der Waals surface area contributed by atoms with Gasteiger partial charge in [-0.05, 0) is 31.6 Å². The van der Waals surface area contributed by atoms with Crippen LogP contribution >= 0.6 is 11.8 Å². The minimum Gasteiger partial charge on any atom is -0.153 e. The van der Waals surface area contributed by atoms with Crippen molar-refractivity contribution >= 4 is 11.8 Å². The van der Waals surface area contributed by atoms with Crippen LogP contribution in [0.1, 0.15) is 32.6 Å². The molecule has 0 atom stereocenters. The molecular weight excluding hydrogens is 128 g/mol. The summed E-state index contributed by atoms with van der Waals surface area (Å²) in [5.41, 5.74) is 0. The second-order valence-corrected chi connectivity index (χ2v) is 5.10. The van der Waals surface area contributed by atoms with E-state index >= 15 is 0 Å². The summed E-state index contributed by atoms with van der Waals surface area (Å²) in [4.78, 5) is 0. The van der Waals surface area contributed by atoms with Crippen LogP contribution in [-0.2, 0) is 0 Å². The maximum absolute atomic E-state index is 2.39. The number of thioether (sulfide) groups is 1. The second-order valence-electron chi connectivity index (χ2n) is 3.65. The Morgan fingerprint density at radius 1 is 1.33 bits per heavy atom. The van der Waals surface area contributed by atoms with Crippen molar-refractivity contribution in [2.45, 2.75) is 37.4 Å². The molecule has 1 saturated heterocycles. The number of rotatable bonds is 0. The standard InChI is InChI=1S/C8H14S/c1-7-2-4-8(5-3-7)6-9-8/h7H,2-6H2,1H3. The Hall–Kier alpha value is 0.350. The van der Waals surface area contributed by atoms with Crippen LogP contribution in [-0.4, -0.2) is 10.5 Å². The minimum absolute atomic E-state index is 0.826. The fraction of sp³-hybridized carbons (Fsp3) is 1.00. The lowest BCUT2D eigenvalue weighted by Crippen LogP contribution is -2.18. The molecule has 1 spiro atoms. The van der Waals surface area contributed by atoms with Gasteiger partial charge in [-0.15, -0.1) is 0 Å². The van der Waals surface area contributed by atoms with Crippen LogP contribution in [0.15, 0.2) is 0 Å². The first kappa shape index (κ1) is 6.09. The molecule has 2 rings (SSSR count). The lowest BCUT2D eigenvalue weighted by atomic mass is 9.84. The fourth-order valence-electron chi connectivity index (χ4n) is 1.68. The molecule has 0 N–H and O–H groups in total. The zero-order chi connectivity index (χ0) is 6.32. The first-order valence-electron chi connectivity index (χ1n) is 3.95. The van der Waals surface area contributed by atoms with Crippen LogP contribution in [0.4, 0.5) is 0 Å². The Kier molecular flexibility index (Phi) is 1.29. The van der Waals surface area contributed by atoms with Crippen LogP contribution in [0.3, 0.4) is 0 Å². The maximum atomic E-state index is 2.39. The van der Waals surface area contributed by atoms with Gasteiger partial charge in [-0.2, -0.15) is 11.8 Å². The van der Waals surface area contributed by atoms with Crippen molar-refractivity contribution in [2.24, 2.45) is 5.92 Å². The number of hydrogen-bond acceptors (Lipinski definition) is 1. The fourth-order valence-corrected chi connectivity index (χ4v) is 2.70. The van der Waals surface area contributed by atoms with Gasteiger partial charge in [0.15, 0.2) is 0 Å². The monoisotopic (exact) mass is 142 g/mol. The summed E-state index contributed by atoms with van der Waals surface area (Å²) in [6.45, 7) is 2.39. The van der Waals surface area contributed by atoms with E-state index in [9.17, 15) is 0 Å². The molecule has 1 aliphatic heterocycles. The molecular formula is C8H14S. The van der Waals surface area contributed by atoms with Crippen molar-refractivity contribution in [3.63, 3.8) is 0 Å². The lowest BCUT2D eigenvalue weighted by Gasteiger charge is -2.23. The van der Waals surface area contributed by atoms with Gasteiger partial charge < -0.3 is 0 Å². The van der Waals surface area contributed by atoms with Gasteiger partial charge in [0, 0.05) is 10.5 Å². The summed E-state index contributed by atoms with van der Waals surface area (Å²) in [6.07, 6.45) is 6.01. The average Bonchev–Trinajstić information content (AvgIpc) is 2.60. The molecule has 0 aromatic heterocycles. The third kappa shape index (κ3) is 1.12. The lowest BCUT2D eigenvalue weighted by molar-refractivity contribution is 0.356. The Morgan fingerprint density at radius 3 is 2.33 bits per heavy atom. The zero-order valence-corrected chi connectivity index (χ0v) is 6.84. The quantitative estimate of drug-likeness (QED) is 0.469. The summed E-state index contributed by atoms with van der Waals surface area (Å²) in [6, 6.07) is 0. The van der Waals surface area contributed by atoms with Crippen molar-refractivity contribution in [3.05, 3.63) is 0 Å². The van der Waals surface area contributed by atoms with Gasteiger partial charge in [-0.25, -0.2) is 0 Å². The zero-order valence-electron chi connectivity index (χ0n) is 6.02. The van der Waals surface area contributed by atoms with E-state index in [1.165, 1.54) is 31.4 Å². The molecule has 1 saturated carbocycles. The van der Waals surface area contributed by atoms with Crippen LogP contribution < -0.4 is 0 Å². The predicted octanol–water partition coefficient (Wildman–Crippen LogP) is 2.68. The van der Waals surface area contributed by atoms with E-state index in [1.807, 2.05) is 0 Å². The Bertz CT molecular complexity index is 106. The van der Waals surface area contributed by atoms with Crippen molar-refractivity contribution in [3.8, 4) is 0 Å². The maximum Gasteiger partial charge on any atom is 0.0251 e. The largest absolute Gasteiger partial charge is 0.153 e. The molecule has 2 aliphatic rings. The van der Waals surface area contributed by atoms with Gasteiger partial charge in [0.25, 0.3) is 0 Å². The summed E-state index contributed by atoms with van der Waals surface area (Å²) in [5, 5.41) is 0. The van der Waals surface area contributed by atoms with E-state index in [1.54, 1.807) is 0 Å². The van der Waals surface area contributed by atoms with Gasteiger partial charge in [0.05, 0.1) is 0 Å². The molecule has 0 nitrogen and oxygen atoms in total. The van der Waals surface area contributed by atoms with Gasteiger partial charge in [0.1, 0.15) is 0 Å². The van der Waals surface area contributed by atoms with Crippen LogP contribution in [0, 0.1) is 5.92 Å². The molecule has 0 aromatic carbocycles. The minimum atomic E-state index is 0.826. The molecule has 1 heterocycles. The smallest absolute Gasteiger partial charge is 0.0251 e. The van der Waals surface area contributed by atoms with E-state index in [4.69, 9.17) is 0 Å². The molecule has 0 radical (unpaired) electrons. The summed E-state index contributed by atoms with van der Waals surface area (Å²) < 4.78 is 0.826. The highest BCUT2D eigenvalue weighted by atomic mass is 32.2. The molecule has 2 fully saturated rings. The highest BCUT2D eigenvalue weighted by Gasteiger charge is 2.45. The third-order valence-corrected chi connectivity index (χ3v) is 4.25. The highest BCUT2D eigenvalue weighted by Crippen LogP contribution is 2.55. The molecule has 0 bridgehead atoms. The van der Waals surface area contributed by atoms with Gasteiger partial charge in [-0.1, -0.05) is 6.92 Å². The van der Waals surface area contributed by atoms with Crippen molar-refractivity contribution in [1.29, 1.82) is 0 Å². The molecule has 9 heavy (non-hydrogen) atoms. The van der Waals surface area contributed by atoms with Gasteiger partial charge in [0.2, 0.25) is 0 Å². The van der Waals surface area contributed by atoms with Crippen LogP contribution in [0.5, 0.6) is 0 Å². The Morgan fingerprint density at radius 2 is 1.89 bits per heavy atom. The average molecular weight is 142 g/mol.